The molecule has 17 heavy (non-hydrogen) atoms. The Hall–Kier alpha value is -1.81. The summed E-state index contributed by atoms with van der Waals surface area (Å²) in [5.41, 5.74) is 1.47. The van der Waals surface area contributed by atoms with Crippen molar-refractivity contribution in [3.63, 3.8) is 0 Å². The third-order valence-corrected chi connectivity index (χ3v) is 2.78. The number of aromatic nitrogens is 2. The molecule has 0 aliphatic heterocycles. The zero-order valence-corrected chi connectivity index (χ0v) is 9.70. The van der Waals surface area contributed by atoms with Gasteiger partial charge in [-0.05, 0) is 18.6 Å². The molecule has 0 fully saturated rings. The van der Waals surface area contributed by atoms with Crippen LogP contribution in [0.25, 0.3) is 11.3 Å². The van der Waals surface area contributed by atoms with E-state index in [1.165, 1.54) is 12.4 Å². The molecule has 86 valence electrons. The number of nitrogens with zero attached hydrogens (tertiary/aromatic N) is 2. The van der Waals surface area contributed by atoms with Crippen molar-refractivity contribution in [2.24, 2.45) is 0 Å². The van der Waals surface area contributed by atoms with Crippen LogP contribution in [0.2, 0.25) is 5.15 Å². The Kier molecular flexibility index (Phi) is 3.15. The van der Waals surface area contributed by atoms with E-state index in [1.807, 2.05) is 0 Å². The van der Waals surface area contributed by atoms with Crippen LogP contribution in [0.15, 0.2) is 24.5 Å². The average molecular weight is 251 g/mol. The van der Waals surface area contributed by atoms with E-state index in [-0.39, 0.29) is 16.5 Å². The summed E-state index contributed by atoms with van der Waals surface area (Å²) in [5.74, 6) is -0.353. The van der Waals surface area contributed by atoms with E-state index in [0.717, 1.165) is 0 Å². The lowest BCUT2D eigenvalue weighted by atomic mass is 10.0. The van der Waals surface area contributed by atoms with Crippen LogP contribution in [0.5, 0.6) is 0 Å². The first-order valence-electron chi connectivity index (χ1n) is 4.86. The van der Waals surface area contributed by atoms with Crippen molar-refractivity contribution >= 4 is 17.9 Å². The van der Waals surface area contributed by atoms with Crippen molar-refractivity contribution in [3.8, 4) is 11.3 Å². The lowest BCUT2D eigenvalue weighted by Crippen LogP contribution is -1.98. The average Bonchev–Trinajstić information content (AvgIpc) is 2.32. The molecule has 0 aliphatic rings. The minimum Gasteiger partial charge on any atom is -0.298 e. The quantitative estimate of drug-likeness (QED) is 0.608. The van der Waals surface area contributed by atoms with Crippen LogP contribution in [-0.4, -0.2) is 16.3 Å². The van der Waals surface area contributed by atoms with Gasteiger partial charge >= 0.3 is 0 Å². The summed E-state index contributed by atoms with van der Waals surface area (Å²) in [5, 5.41) is 0.0636. The molecule has 0 bridgehead atoms. The molecule has 1 aromatic heterocycles. The van der Waals surface area contributed by atoms with Crippen LogP contribution in [0.1, 0.15) is 15.9 Å². The second-order valence-corrected chi connectivity index (χ2v) is 3.82. The molecule has 0 radical (unpaired) electrons. The fraction of sp³-hybridized carbons (Fsp3) is 0.0833. The highest BCUT2D eigenvalue weighted by molar-refractivity contribution is 6.32. The summed E-state index contributed by atoms with van der Waals surface area (Å²) in [7, 11) is 0. The normalized spacial score (nSPS) is 10.3. The largest absolute Gasteiger partial charge is 0.298 e. The van der Waals surface area contributed by atoms with Gasteiger partial charge in [-0.25, -0.2) is 14.4 Å². The van der Waals surface area contributed by atoms with Gasteiger partial charge in [-0.15, -0.1) is 0 Å². The number of carbonyl (C=O) groups excluding carboxylic acids is 1. The molecule has 0 saturated carbocycles. The van der Waals surface area contributed by atoms with Crippen molar-refractivity contribution in [2.45, 2.75) is 6.92 Å². The van der Waals surface area contributed by atoms with E-state index in [4.69, 9.17) is 11.6 Å². The van der Waals surface area contributed by atoms with Crippen LogP contribution in [-0.2, 0) is 0 Å². The molecular weight excluding hydrogens is 243 g/mol. The lowest BCUT2D eigenvalue weighted by Gasteiger charge is -2.08. The van der Waals surface area contributed by atoms with Gasteiger partial charge in [0.25, 0.3) is 0 Å². The number of halogens is 2. The van der Waals surface area contributed by atoms with Gasteiger partial charge in [-0.2, -0.15) is 0 Å². The van der Waals surface area contributed by atoms with Gasteiger partial charge in [0.2, 0.25) is 0 Å². The number of hydrogen-bond donors (Lipinski definition) is 0. The maximum Gasteiger partial charge on any atom is 0.155 e. The van der Waals surface area contributed by atoms with Crippen molar-refractivity contribution in [2.75, 3.05) is 0 Å². The molecule has 1 heterocycles. The van der Waals surface area contributed by atoms with Gasteiger partial charge in [0.1, 0.15) is 17.3 Å². The number of rotatable bonds is 2. The minimum absolute atomic E-state index is 0.0636. The van der Waals surface area contributed by atoms with Crippen LogP contribution >= 0.6 is 11.6 Å². The number of hydrogen-bond acceptors (Lipinski definition) is 3. The molecular formula is C12H8ClFN2O. The Balaban J connectivity index is 2.73. The highest BCUT2D eigenvalue weighted by Gasteiger charge is 2.14. The summed E-state index contributed by atoms with van der Waals surface area (Å²) in [6.45, 7) is 1.62. The Morgan fingerprint density at radius 3 is 2.82 bits per heavy atom. The molecule has 0 N–H and O–H groups in total. The van der Waals surface area contributed by atoms with E-state index in [0.29, 0.717) is 23.1 Å². The van der Waals surface area contributed by atoms with Gasteiger partial charge in [0.15, 0.2) is 6.29 Å². The van der Waals surface area contributed by atoms with Gasteiger partial charge < -0.3 is 0 Å². The molecule has 2 rings (SSSR count). The molecule has 3 nitrogen and oxygen atoms in total. The third kappa shape index (κ3) is 2.03. The lowest BCUT2D eigenvalue weighted by molar-refractivity contribution is 0.112. The first kappa shape index (κ1) is 11.7. The maximum atomic E-state index is 13.4. The van der Waals surface area contributed by atoms with Crippen molar-refractivity contribution in [1.82, 2.24) is 9.97 Å². The van der Waals surface area contributed by atoms with Gasteiger partial charge in [0.05, 0.1) is 11.3 Å². The number of aldehydes is 1. The first-order valence-corrected chi connectivity index (χ1v) is 5.24. The second-order valence-electron chi connectivity index (χ2n) is 3.46. The molecule has 0 spiro atoms. The summed E-state index contributed by atoms with van der Waals surface area (Å²) in [6, 6.07) is 4.59. The van der Waals surface area contributed by atoms with E-state index < -0.39 is 0 Å². The van der Waals surface area contributed by atoms with E-state index in [1.54, 1.807) is 19.1 Å². The molecule has 0 atom stereocenters. The molecule has 5 heteroatoms. The fourth-order valence-corrected chi connectivity index (χ4v) is 1.73. The second kappa shape index (κ2) is 4.59. The molecule has 0 unspecified atom stereocenters. The Bertz CT molecular complexity index is 587. The summed E-state index contributed by atoms with van der Waals surface area (Å²) >= 11 is 5.80. The first-order chi connectivity index (χ1) is 8.15. The molecule has 2 aromatic rings. The number of carbonyl (C=O) groups is 1. The van der Waals surface area contributed by atoms with E-state index >= 15 is 0 Å². The number of benzene rings is 1. The van der Waals surface area contributed by atoms with Crippen LogP contribution in [0.4, 0.5) is 4.39 Å². The van der Waals surface area contributed by atoms with Gasteiger partial charge in [0, 0.05) is 5.56 Å². The zero-order valence-electron chi connectivity index (χ0n) is 8.95. The SMILES string of the molecule is Cc1c(F)cccc1-c1ncnc(Cl)c1C=O. The van der Waals surface area contributed by atoms with Gasteiger partial charge in [-0.3, -0.25) is 4.79 Å². The molecule has 0 aliphatic carbocycles. The van der Waals surface area contributed by atoms with Gasteiger partial charge in [-0.1, -0.05) is 23.7 Å². The fourth-order valence-electron chi connectivity index (χ4n) is 1.56. The highest BCUT2D eigenvalue weighted by Crippen LogP contribution is 2.27. The van der Waals surface area contributed by atoms with Crippen molar-refractivity contribution < 1.29 is 9.18 Å². The monoisotopic (exact) mass is 250 g/mol. The van der Waals surface area contributed by atoms with E-state index in [9.17, 15) is 9.18 Å². The predicted molar refractivity (Wildman–Crippen MR) is 62.6 cm³/mol. The topological polar surface area (TPSA) is 42.9 Å². The Labute approximate surface area is 102 Å². The summed E-state index contributed by atoms with van der Waals surface area (Å²) in [6.07, 6.45) is 1.82. The molecule has 1 aromatic carbocycles. The van der Waals surface area contributed by atoms with Crippen LogP contribution < -0.4 is 0 Å². The van der Waals surface area contributed by atoms with Crippen molar-refractivity contribution in [1.29, 1.82) is 0 Å². The van der Waals surface area contributed by atoms with E-state index in [2.05, 4.69) is 9.97 Å². The van der Waals surface area contributed by atoms with Crippen LogP contribution in [0.3, 0.4) is 0 Å². The molecule has 0 saturated heterocycles. The third-order valence-electron chi connectivity index (χ3n) is 2.48. The standard InChI is InChI=1S/C12H8ClFN2O/c1-7-8(3-2-4-10(7)14)11-9(5-17)12(13)16-6-15-11/h2-6H,1H3. The maximum absolute atomic E-state index is 13.4. The van der Waals surface area contributed by atoms with Crippen molar-refractivity contribution in [3.05, 3.63) is 46.6 Å². The molecule has 0 amide bonds. The zero-order chi connectivity index (χ0) is 12.4. The summed E-state index contributed by atoms with van der Waals surface area (Å²) < 4.78 is 13.4. The predicted octanol–water partition coefficient (Wildman–Crippen LogP) is 3.06. The Morgan fingerprint density at radius 2 is 2.12 bits per heavy atom. The Morgan fingerprint density at radius 1 is 1.35 bits per heavy atom. The van der Waals surface area contributed by atoms with Crippen LogP contribution in [0, 0.1) is 12.7 Å². The highest BCUT2D eigenvalue weighted by atomic mass is 35.5. The summed E-state index contributed by atoms with van der Waals surface area (Å²) in [4.78, 5) is 18.7. The minimum atomic E-state index is -0.353. The smallest absolute Gasteiger partial charge is 0.155 e.